The molecule has 3 nitrogen and oxygen atoms in total. The maximum atomic E-state index is 9.45. The zero-order chi connectivity index (χ0) is 9.42. The van der Waals surface area contributed by atoms with Crippen LogP contribution in [0, 0.1) is 0 Å². The summed E-state index contributed by atoms with van der Waals surface area (Å²) in [7, 11) is 1.59. The Bertz CT molecular complexity index is 450. The first kappa shape index (κ1) is 8.19. The van der Waals surface area contributed by atoms with Gasteiger partial charge in [0.05, 0.1) is 11.8 Å². The predicted molar refractivity (Wildman–Crippen MR) is 54.5 cm³/mol. The molecule has 0 bridgehead atoms. The molecule has 4 heteroatoms. The van der Waals surface area contributed by atoms with Crippen molar-refractivity contribution in [1.82, 2.24) is 0 Å². The summed E-state index contributed by atoms with van der Waals surface area (Å²) in [5.41, 5.74) is 6.24. The van der Waals surface area contributed by atoms with Crippen molar-refractivity contribution in [3.8, 4) is 11.5 Å². The van der Waals surface area contributed by atoms with Crippen molar-refractivity contribution in [2.24, 2.45) is 0 Å². The van der Waals surface area contributed by atoms with Gasteiger partial charge in [0.1, 0.15) is 11.5 Å². The van der Waals surface area contributed by atoms with Gasteiger partial charge in [-0.05, 0) is 6.07 Å². The summed E-state index contributed by atoms with van der Waals surface area (Å²) in [5, 5.41) is 11.9. The zero-order valence-electron chi connectivity index (χ0n) is 7.07. The second-order valence-corrected chi connectivity index (χ2v) is 3.60. The molecule has 1 heterocycles. The van der Waals surface area contributed by atoms with Gasteiger partial charge in [-0.1, -0.05) is 0 Å². The molecular weight excluding hydrogens is 186 g/mol. The van der Waals surface area contributed by atoms with Gasteiger partial charge in [0, 0.05) is 22.5 Å². The molecule has 0 radical (unpaired) electrons. The molecule has 3 N–H and O–H groups in total. The van der Waals surface area contributed by atoms with Gasteiger partial charge in [0.15, 0.2) is 0 Å². The number of nitrogens with two attached hydrogens (primary N) is 1. The van der Waals surface area contributed by atoms with E-state index in [0.29, 0.717) is 11.4 Å². The highest BCUT2D eigenvalue weighted by Crippen LogP contribution is 2.38. The zero-order valence-corrected chi connectivity index (χ0v) is 7.89. The van der Waals surface area contributed by atoms with Gasteiger partial charge in [-0.15, -0.1) is 11.3 Å². The fraction of sp³-hybridized carbons (Fsp3) is 0.111. The lowest BCUT2D eigenvalue weighted by Gasteiger charge is -2.02. The number of fused-ring (bicyclic) bond motifs is 1. The first-order valence-corrected chi connectivity index (χ1v) is 4.64. The Labute approximate surface area is 79.4 Å². The fourth-order valence-electron chi connectivity index (χ4n) is 1.27. The first-order chi connectivity index (χ1) is 6.22. The van der Waals surface area contributed by atoms with E-state index in [9.17, 15) is 5.11 Å². The van der Waals surface area contributed by atoms with E-state index in [0.717, 1.165) is 10.1 Å². The van der Waals surface area contributed by atoms with Gasteiger partial charge in [0.2, 0.25) is 0 Å². The molecule has 2 aromatic rings. The van der Waals surface area contributed by atoms with Crippen LogP contribution in [0.3, 0.4) is 0 Å². The van der Waals surface area contributed by atoms with E-state index in [-0.39, 0.29) is 5.75 Å². The quantitative estimate of drug-likeness (QED) is 0.686. The van der Waals surface area contributed by atoms with E-state index in [1.165, 1.54) is 11.3 Å². The Hall–Kier alpha value is -1.42. The second kappa shape index (κ2) is 2.81. The van der Waals surface area contributed by atoms with Crippen LogP contribution in [0.2, 0.25) is 0 Å². The summed E-state index contributed by atoms with van der Waals surface area (Å²) in [6, 6.07) is 3.49. The monoisotopic (exact) mass is 195 g/mol. The number of anilines is 1. The third kappa shape index (κ3) is 1.19. The second-order valence-electron chi connectivity index (χ2n) is 2.72. The average Bonchev–Trinajstić information content (AvgIpc) is 2.47. The van der Waals surface area contributed by atoms with Crippen LogP contribution >= 0.6 is 11.3 Å². The molecule has 0 saturated carbocycles. The largest absolute Gasteiger partial charge is 0.506 e. The summed E-state index contributed by atoms with van der Waals surface area (Å²) < 4.78 is 6.07. The van der Waals surface area contributed by atoms with Crippen molar-refractivity contribution in [3.05, 3.63) is 17.5 Å². The molecule has 0 atom stereocenters. The van der Waals surface area contributed by atoms with E-state index in [2.05, 4.69) is 0 Å². The minimum Gasteiger partial charge on any atom is -0.506 e. The van der Waals surface area contributed by atoms with Crippen molar-refractivity contribution in [1.29, 1.82) is 0 Å². The minimum atomic E-state index is 0.255. The standard InChI is InChI=1S/C9H9NO2S/c1-12-8-3-5(10)2-6-7(11)4-13-9(6)8/h2-4,11H,10H2,1H3. The molecule has 0 aliphatic carbocycles. The number of hydrogen-bond donors (Lipinski definition) is 2. The highest BCUT2D eigenvalue weighted by atomic mass is 32.1. The number of rotatable bonds is 1. The molecule has 0 spiro atoms. The Morgan fingerprint density at radius 1 is 1.46 bits per heavy atom. The SMILES string of the molecule is COc1cc(N)cc2c(O)csc12. The average molecular weight is 195 g/mol. The number of aromatic hydroxyl groups is 1. The third-order valence-corrected chi connectivity index (χ3v) is 2.86. The maximum Gasteiger partial charge on any atom is 0.138 e. The first-order valence-electron chi connectivity index (χ1n) is 3.76. The summed E-state index contributed by atoms with van der Waals surface area (Å²) >= 11 is 1.44. The van der Waals surface area contributed by atoms with Crippen LogP contribution in [0.15, 0.2) is 17.5 Å². The highest BCUT2D eigenvalue weighted by Gasteiger charge is 2.08. The van der Waals surface area contributed by atoms with E-state index < -0.39 is 0 Å². The molecule has 2 rings (SSSR count). The molecule has 0 fully saturated rings. The smallest absolute Gasteiger partial charge is 0.138 e. The molecule has 1 aromatic carbocycles. The van der Waals surface area contributed by atoms with Crippen LogP contribution in [0.25, 0.3) is 10.1 Å². The fourth-order valence-corrected chi connectivity index (χ4v) is 2.17. The number of hydrogen-bond acceptors (Lipinski definition) is 4. The van der Waals surface area contributed by atoms with Crippen molar-refractivity contribution < 1.29 is 9.84 Å². The van der Waals surface area contributed by atoms with Crippen molar-refractivity contribution in [3.63, 3.8) is 0 Å². The molecule has 13 heavy (non-hydrogen) atoms. The molecule has 0 aliphatic rings. The Balaban J connectivity index is 2.84. The molecule has 1 aromatic heterocycles. The van der Waals surface area contributed by atoms with Gasteiger partial charge in [0.25, 0.3) is 0 Å². The summed E-state index contributed by atoms with van der Waals surface area (Å²) in [5.74, 6) is 0.964. The Morgan fingerprint density at radius 3 is 2.92 bits per heavy atom. The summed E-state index contributed by atoms with van der Waals surface area (Å²) in [6.07, 6.45) is 0. The summed E-state index contributed by atoms with van der Waals surface area (Å²) in [6.45, 7) is 0. The number of thiophene rings is 1. The Morgan fingerprint density at radius 2 is 2.23 bits per heavy atom. The lowest BCUT2D eigenvalue weighted by Crippen LogP contribution is -1.87. The third-order valence-electron chi connectivity index (χ3n) is 1.86. The number of methoxy groups -OCH3 is 1. The van der Waals surface area contributed by atoms with Crippen molar-refractivity contribution in [2.75, 3.05) is 12.8 Å². The highest BCUT2D eigenvalue weighted by molar-refractivity contribution is 7.18. The van der Waals surface area contributed by atoms with Gasteiger partial charge in [-0.3, -0.25) is 0 Å². The van der Waals surface area contributed by atoms with E-state index in [1.54, 1.807) is 24.6 Å². The van der Waals surface area contributed by atoms with Crippen LogP contribution in [-0.4, -0.2) is 12.2 Å². The van der Waals surface area contributed by atoms with Crippen LogP contribution in [-0.2, 0) is 0 Å². The lowest BCUT2D eigenvalue weighted by molar-refractivity contribution is 0.420. The van der Waals surface area contributed by atoms with Crippen LogP contribution in [0.4, 0.5) is 5.69 Å². The molecule has 0 saturated heterocycles. The predicted octanol–water partition coefficient (Wildman–Crippen LogP) is 2.20. The van der Waals surface area contributed by atoms with E-state index in [4.69, 9.17) is 10.5 Å². The molecule has 68 valence electrons. The topological polar surface area (TPSA) is 55.5 Å². The van der Waals surface area contributed by atoms with E-state index >= 15 is 0 Å². The van der Waals surface area contributed by atoms with Gasteiger partial charge in [-0.2, -0.15) is 0 Å². The van der Waals surface area contributed by atoms with Crippen LogP contribution < -0.4 is 10.5 Å². The van der Waals surface area contributed by atoms with Gasteiger partial charge >= 0.3 is 0 Å². The molecule has 0 aliphatic heterocycles. The summed E-state index contributed by atoms with van der Waals surface area (Å²) in [4.78, 5) is 0. The van der Waals surface area contributed by atoms with Crippen LogP contribution in [0.1, 0.15) is 0 Å². The number of ether oxygens (including phenoxy) is 1. The molecule has 0 amide bonds. The minimum absolute atomic E-state index is 0.255. The molecule has 0 unspecified atom stereocenters. The number of nitrogen functional groups attached to an aromatic ring is 1. The number of benzene rings is 1. The lowest BCUT2D eigenvalue weighted by atomic mass is 10.2. The van der Waals surface area contributed by atoms with Crippen molar-refractivity contribution >= 4 is 27.1 Å². The van der Waals surface area contributed by atoms with Gasteiger partial charge in [-0.25, -0.2) is 0 Å². The Kier molecular flexibility index (Phi) is 1.77. The maximum absolute atomic E-state index is 9.45. The van der Waals surface area contributed by atoms with Gasteiger partial charge < -0.3 is 15.6 Å². The molecular formula is C9H9NO2S. The van der Waals surface area contributed by atoms with Crippen molar-refractivity contribution in [2.45, 2.75) is 0 Å². The van der Waals surface area contributed by atoms with E-state index in [1.807, 2.05) is 0 Å². The normalized spacial score (nSPS) is 10.5. The van der Waals surface area contributed by atoms with Crippen LogP contribution in [0.5, 0.6) is 11.5 Å².